The Kier molecular flexibility index (Phi) is 34.1. The van der Waals surface area contributed by atoms with Crippen molar-refractivity contribution in [2.24, 2.45) is 0 Å². The molecule has 60 heavy (non-hydrogen) atoms. The minimum absolute atomic E-state index is 0.0160. The van der Waals surface area contributed by atoms with E-state index in [9.17, 15) is 35.7 Å². The lowest BCUT2D eigenvalue weighted by atomic mass is 9.97. The van der Waals surface area contributed by atoms with Crippen molar-refractivity contribution in [3.8, 4) is 0 Å². The van der Waals surface area contributed by atoms with Crippen molar-refractivity contribution in [1.29, 1.82) is 0 Å². The van der Waals surface area contributed by atoms with Crippen LogP contribution in [-0.4, -0.2) is 143 Å². The van der Waals surface area contributed by atoms with E-state index in [1.54, 1.807) is 0 Å². The van der Waals surface area contributed by atoms with Crippen LogP contribution in [0.2, 0.25) is 0 Å². The third-order valence-corrected chi connectivity index (χ3v) is 12.2. The zero-order chi connectivity index (χ0) is 43.6. The number of hydrogen-bond acceptors (Lipinski definition) is 13. The third kappa shape index (κ3) is 24.0. The van der Waals surface area contributed by atoms with Crippen LogP contribution in [0.4, 0.5) is 0 Å². The highest BCUT2D eigenvalue weighted by molar-refractivity contribution is 4.94. The van der Waals surface area contributed by atoms with Gasteiger partial charge in [0.2, 0.25) is 0 Å². The summed E-state index contributed by atoms with van der Waals surface area (Å²) in [6, 6.07) is 0. The average Bonchev–Trinajstić information content (AvgIpc) is 3.25. The van der Waals surface area contributed by atoms with Gasteiger partial charge in [-0.3, -0.25) is 0 Å². The fraction of sp³-hybridized carbons (Fsp3) is 1.00. The highest BCUT2D eigenvalue weighted by Crippen LogP contribution is 2.30. The molecule has 358 valence electrons. The van der Waals surface area contributed by atoms with E-state index in [0.29, 0.717) is 19.8 Å². The Labute approximate surface area is 364 Å². The first-order valence-corrected chi connectivity index (χ1v) is 24.7. The summed E-state index contributed by atoms with van der Waals surface area (Å²) < 4.78 is 35.1. The highest BCUT2D eigenvalue weighted by atomic mass is 16.7. The van der Waals surface area contributed by atoms with Gasteiger partial charge in [-0.15, -0.1) is 0 Å². The van der Waals surface area contributed by atoms with Gasteiger partial charge in [0, 0.05) is 13.2 Å². The molecular weight excluding hydrogens is 773 g/mol. The molecule has 2 rings (SSSR count). The predicted octanol–water partition coefficient (Wildman–Crippen LogP) is 6.99. The molecule has 2 aliphatic heterocycles. The van der Waals surface area contributed by atoms with Gasteiger partial charge in [-0.1, -0.05) is 181 Å². The number of rotatable bonds is 40. The third-order valence-electron chi connectivity index (χ3n) is 12.2. The summed E-state index contributed by atoms with van der Waals surface area (Å²) in [7, 11) is 0. The molecule has 2 aliphatic rings. The molecule has 0 aromatic heterocycles. The maximum atomic E-state index is 11.0. The molecule has 0 spiro atoms. The van der Waals surface area contributed by atoms with Gasteiger partial charge in [-0.05, 0) is 12.8 Å². The number of unbranched alkanes of at least 4 members (excludes halogenated alkanes) is 26. The summed E-state index contributed by atoms with van der Waals surface area (Å²) >= 11 is 0. The van der Waals surface area contributed by atoms with Gasteiger partial charge in [0.25, 0.3) is 0 Å². The minimum atomic E-state index is -1.73. The molecule has 0 aliphatic carbocycles. The van der Waals surface area contributed by atoms with E-state index in [-0.39, 0.29) is 6.61 Å². The Morgan fingerprint density at radius 2 is 0.817 bits per heavy atom. The molecule has 7 N–H and O–H groups in total. The molecule has 0 saturated carbocycles. The van der Waals surface area contributed by atoms with Crippen LogP contribution >= 0.6 is 0 Å². The van der Waals surface area contributed by atoms with Gasteiger partial charge in [0.15, 0.2) is 12.6 Å². The molecule has 13 nitrogen and oxygen atoms in total. The van der Waals surface area contributed by atoms with Crippen molar-refractivity contribution >= 4 is 0 Å². The van der Waals surface area contributed by atoms with Crippen molar-refractivity contribution in [1.82, 2.24) is 0 Å². The Morgan fingerprint density at radius 1 is 0.417 bits per heavy atom. The SMILES string of the molecule is CCCCCCCCCCCCCCCCOCC(CO[C@@H]1O[C@H](CO)[C@@H](O[C@@H]2O[C@H](CO)[C@@H](O)[C@H](O)[C@H]2O)[C@H](O)[C@H]1O)OCCCCCCCCCCCCCCCC. The molecule has 0 bridgehead atoms. The number of aliphatic hydroxyl groups excluding tert-OH is 7. The lowest BCUT2D eigenvalue weighted by Gasteiger charge is -2.46. The summed E-state index contributed by atoms with van der Waals surface area (Å²) in [5.41, 5.74) is 0. The van der Waals surface area contributed by atoms with Gasteiger partial charge in [-0.25, -0.2) is 0 Å². The Hall–Kier alpha value is -0.520. The number of hydrogen-bond donors (Lipinski definition) is 7. The minimum Gasteiger partial charge on any atom is -0.394 e. The van der Waals surface area contributed by atoms with Gasteiger partial charge in [0.1, 0.15) is 54.9 Å². The van der Waals surface area contributed by atoms with Crippen LogP contribution in [0.15, 0.2) is 0 Å². The average molecular weight is 865 g/mol. The van der Waals surface area contributed by atoms with Crippen molar-refractivity contribution in [3.05, 3.63) is 0 Å². The summed E-state index contributed by atoms with van der Waals surface area (Å²) in [6.07, 6.45) is 20.4. The fourth-order valence-corrected chi connectivity index (χ4v) is 8.20. The largest absolute Gasteiger partial charge is 0.394 e. The normalized spacial score (nSPS) is 27.8. The first-order chi connectivity index (χ1) is 29.3. The molecule has 0 radical (unpaired) electrons. The smallest absolute Gasteiger partial charge is 0.187 e. The molecule has 11 atom stereocenters. The van der Waals surface area contributed by atoms with E-state index in [0.717, 1.165) is 25.7 Å². The summed E-state index contributed by atoms with van der Waals surface area (Å²) in [5, 5.41) is 72.4. The zero-order valence-corrected chi connectivity index (χ0v) is 38.0. The maximum Gasteiger partial charge on any atom is 0.187 e. The second-order valence-corrected chi connectivity index (χ2v) is 17.6. The highest BCUT2D eigenvalue weighted by Gasteiger charge is 2.50. The molecular formula is C47H92O13. The van der Waals surface area contributed by atoms with Gasteiger partial charge >= 0.3 is 0 Å². The van der Waals surface area contributed by atoms with Crippen LogP contribution < -0.4 is 0 Å². The molecule has 1 unspecified atom stereocenters. The van der Waals surface area contributed by atoms with Crippen molar-refractivity contribution in [2.75, 3.05) is 39.6 Å². The molecule has 0 aromatic carbocycles. The van der Waals surface area contributed by atoms with Crippen LogP contribution in [-0.2, 0) is 28.4 Å². The zero-order valence-electron chi connectivity index (χ0n) is 38.0. The second kappa shape index (κ2) is 36.8. The van der Waals surface area contributed by atoms with Gasteiger partial charge < -0.3 is 64.2 Å². The molecule has 2 saturated heterocycles. The van der Waals surface area contributed by atoms with E-state index in [2.05, 4.69) is 13.8 Å². The van der Waals surface area contributed by atoms with E-state index in [4.69, 9.17) is 28.4 Å². The van der Waals surface area contributed by atoms with Gasteiger partial charge in [-0.2, -0.15) is 0 Å². The summed E-state index contributed by atoms with van der Waals surface area (Å²) in [5.74, 6) is 0. The van der Waals surface area contributed by atoms with Crippen molar-refractivity contribution in [3.63, 3.8) is 0 Å². The van der Waals surface area contributed by atoms with E-state index >= 15 is 0 Å². The van der Waals surface area contributed by atoms with Crippen LogP contribution in [0.3, 0.4) is 0 Å². The van der Waals surface area contributed by atoms with E-state index in [1.165, 1.54) is 154 Å². The Bertz CT molecular complexity index is 945. The van der Waals surface area contributed by atoms with Crippen LogP contribution in [0.25, 0.3) is 0 Å². The molecule has 2 heterocycles. The fourth-order valence-electron chi connectivity index (χ4n) is 8.20. The molecule has 13 heteroatoms. The second-order valence-electron chi connectivity index (χ2n) is 17.6. The molecule has 0 aromatic rings. The standard InChI is InChI=1S/C47H92O13/c1-3-5-7-9-11-13-15-17-19-21-23-25-27-29-31-55-35-37(56-32-30-28-26-24-22-20-18-16-14-12-10-8-6-4-2)36-57-46-44(54)42(52)45(39(34-49)59-46)60-47-43(53)41(51)40(50)38(33-48)58-47/h37-54H,3-36H2,1-2H3/t37?,38-,39-,40-,41+,42-,43-,44-,45-,46-,47+/m1/s1. The van der Waals surface area contributed by atoms with Gasteiger partial charge in [0.05, 0.1) is 26.4 Å². The first-order valence-electron chi connectivity index (χ1n) is 24.7. The number of aliphatic hydroxyl groups is 7. The van der Waals surface area contributed by atoms with E-state index in [1.807, 2.05) is 0 Å². The van der Waals surface area contributed by atoms with Crippen molar-refractivity contribution in [2.45, 2.75) is 261 Å². The molecule has 0 amide bonds. The van der Waals surface area contributed by atoms with Crippen molar-refractivity contribution < 1.29 is 64.2 Å². The number of ether oxygens (including phenoxy) is 6. The Balaban J connectivity index is 1.75. The first kappa shape index (κ1) is 55.6. The van der Waals surface area contributed by atoms with E-state index < -0.39 is 80.7 Å². The summed E-state index contributed by atoms with van der Waals surface area (Å²) in [4.78, 5) is 0. The molecule has 2 fully saturated rings. The quantitative estimate of drug-likeness (QED) is 0.0312. The van der Waals surface area contributed by atoms with Crippen LogP contribution in [0.5, 0.6) is 0 Å². The topological polar surface area (TPSA) is 197 Å². The predicted molar refractivity (Wildman–Crippen MR) is 234 cm³/mol. The lowest BCUT2D eigenvalue weighted by Crippen LogP contribution is -2.64. The van der Waals surface area contributed by atoms with Crippen LogP contribution in [0, 0.1) is 0 Å². The monoisotopic (exact) mass is 865 g/mol. The van der Waals surface area contributed by atoms with Crippen LogP contribution in [0.1, 0.15) is 194 Å². The maximum absolute atomic E-state index is 11.0. The Morgan fingerprint density at radius 3 is 1.27 bits per heavy atom. The lowest BCUT2D eigenvalue weighted by molar-refractivity contribution is -0.360. The summed E-state index contributed by atoms with van der Waals surface area (Å²) in [6.45, 7) is 4.70.